The molecule has 2 aliphatic rings. The first-order valence-corrected chi connectivity index (χ1v) is 11.1. The summed E-state index contributed by atoms with van der Waals surface area (Å²) >= 11 is 1.47. The summed E-state index contributed by atoms with van der Waals surface area (Å²) in [6.45, 7) is 2.40. The van der Waals surface area contributed by atoms with Crippen molar-refractivity contribution in [2.45, 2.75) is 23.7 Å². The lowest BCUT2D eigenvalue weighted by Crippen LogP contribution is -2.48. The van der Waals surface area contributed by atoms with E-state index in [1.807, 2.05) is 12.1 Å². The highest BCUT2D eigenvalue weighted by Crippen LogP contribution is 2.39. The third-order valence-corrected chi connectivity index (χ3v) is 6.10. The topological polar surface area (TPSA) is 69.7 Å². The number of hydrogen-bond donors (Lipinski definition) is 1. The molecular formula is C23H27N3O3S. The molecule has 3 amide bonds. The minimum absolute atomic E-state index is 0.0839. The average Bonchev–Trinajstić information content (AvgIpc) is 3.65. The molecule has 1 saturated carbocycles. The van der Waals surface area contributed by atoms with Crippen molar-refractivity contribution < 1.29 is 14.4 Å². The highest BCUT2D eigenvalue weighted by Gasteiger charge is 2.22. The Hall–Kier alpha value is -2.80. The Kier molecular flexibility index (Phi) is 8.32. The maximum absolute atomic E-state index is 12.1. The van der Waals surface area contributed by atoms with E-state index in [4.69, 9.17) is 0 Å². The third kappa shape index (κ3) is 6.91. The summed E-state index contributed by atoms with van der Waals surface area (Å²) in [5.74, 6) is 1.37. The molecule has 7 heteroatoms. The molecule has 6 nitrogen and oxygen atoms in total. The Morgan fingerprint density at radius 1 is 0.967 bits per heavy atom. The number of piperazine rings is 1. The maximum Gasteiger partial charge on any atom is 0.233 e. The van der Waals surface area contributed by atoms with Gasteiger partial charge in [-0.15, -0.1) is 11.8 Å². The van der Waals surface area contributed by atoms with Crippen LogP contribution >= 0.6 is 11.8 Å². The molecule has 0 aromatic heterocycles. The molecule has 0 spiro atoms. The molecule has 2 fully saturated rings. The average molecular weight is 426 g/mol. The van der Waals surface area contributed by atoms with Gasteiger partial charge < -0.3 is 15.1 Å². The zero-order valence-electron chi connectivity index (χ0n) is 16.9. The van der Waals surface area contributed by atoms with Crippen LogP contribution in [0.25, 0.3) is 0 Å². The second kappa shape index (κ2) is 11.4. The van der Waals surface area contributed by atoms with Gasteiger partial charge in [0.2, 0.25) is 18.7 Å². The van der Waals surface area contributed by atoms with E-state index in [-0.39, 0.29) is 5.91 Å². The van der Waals surface area contributed by atoms with E-state index in [1.54, 1.807) is 21.9 Å². The molecule has 1 heterocycles. The summed E-state index contributed by atoms with van der Waals surface area (Å²) in [4.78, 5) is 37.4. The van der Waals surface area contributed by atoms with Gasteiger partial charge in [0, 0.05) is 36.8 Å². The quantitative estimate of drug-likeness (QED) is 0.546. The number of anilines is 1. The van der Waals surface area contributed by atoms with Crippen LogP contribution in [0.3, 0.4) is 0 Å². The van der Waals surface area contributed by atoms with E-state index < -0.39 is 0 Å². The summed E-state index contributed by atoms with van der Waals surface area (Å²) < 4.78 is 0. The molecular weight excluding hydrogens is 398 g/mol. The first kappa shape index (κ1) is 21.9. The van der Waals surface area contributed by atoms with Gasteiger partial charge in [0.15, 0.2) is 0 Å². The first-order chi connectivity index (χ1) is 14.7. The summed E-state index contributed by atoms with van der Waals surface area (Å²) in [5, 5.41) is 2.56. The van der Waals surface area contributed by atoms with Gasteiger partial charge in [0.05, 0.1) is 5.75 Å². The van der Waals surface area contributed by atoms with Crippen LogP contribution in [0.2, 0.25) is 0 Å². The Labute approximate surface area is 181 Å². The van der Waals surface area contributed by atoms with Crippen molar-refractivity contribution >= 4 is 36.2 Å². The fourth-order valence-electron chi connectivity index (χ4n) is 3.17. The molecule has 0 radical (unpaired) electrons. The predicted octanol–water partition coefficient (Wildman–Crippen LogP) is 3.21. The molecule has 30 heavy (non-hydrogen) atoms. The molecule has 1 aliphatic heterocycles. The van der Waals surface area contributed by atoms with Crippen molar-refractivity contribution in [3.63, 3.8) is 0 Å². The summed E-state index contributed by atoms with van der Waals surface area (Å²) in [7, 11) is 0. The molecule has 2 aromatic rings. The van der Waals surface area contributed by atoms with Gasteiger partial charge in [-0.2, -0.15) is 0 Å². The van der Waals surface area contributed by atoms with Gasteiger partial charge >= 0.3 is 0 Å². The number of carbonyl (C=O) groups is 3. The van der Waals surface area contributed by atoms with E-state index in [0.717, 1.165) is 22.9 Å². The molecule has 2 aromatic carbocycles. The van der Waals surface area contributed by atoms with Gasteiger partial charge in [0.1, 0.15) is 0 Å². The lowest BCUT2D eigenvalue weighted by molar-refractivity contribution is -0.132. The van der Waals surface area contributed by atoms with Crippen LogP contribution in [0.1, 0.15) is 24.3 Å². The molecule has 4 rings (SSSR count). The van der Waals surface area contributed by atoms with Crippen molar-refractivity contribution in [2.24, 2.45) is 0 Å². The largest absolute Gasteiger partial charge is 0.342 e. The number of rotatable bonds is 7. The molecule has 0 atom stereocenters. The van der Waals surface area contributed by atoms with Crippen molar-refractivity contribution in [3.8, 4) is 0 Å². The maximum atomic E-state index is 12.1. The molecule has 158 valence electrons. The number of carbonyl (C=O) groups excluding carboxylic acids is 3. The normalized spacial score (nSPS) is 15.6. The van der Waals surface area contributed by atoms with Crippen LogP contribution in [-0.4, -0.2) is 60.5 Å². The van der Waals surface area contributed by atoms with Crippen molar-refractivity contribution in [3.05, 3.63) is 60.2 Å². The number of thioether (sulfide) groups is 1. The van der Waals surface area contributed by atoms with Crippen LogP contribution in [0, 0.1) is 0 Å². The number of nitrogens with zero attached hydrogens (tertiary/aromatic N) is 2. The zero-order valence-corrected chi connectivity index (χ0v) is 17.7. The minimum Gasteiger partial charge on any atom is -0.342 e. The van der Waals surface area contributed by atoms with Crippen LogP contribution in [-0.2, 0) is 14.4 Å². The highest BCUT2D eigenvalue weighted by atomic mass is 32.2. The number of hydrogen-bond acceptors (Lipinski definition) is 4. The summed E-state index contributed by atoms with van der Waals surface area (Å²) in [6, 6.07) is 18.1. The van der Waals surface area contributed by atoms with Gasteiger partial charge in [-0.25, -0.2) is 0 Å². The van der Waals surface area contributed by atoms with Crippen LogP contribution < -0.4 is 5.32 Å². The summed E-state index contributed by atoms with van der Waals surface area (Å²) in [6.07, 6.45) is 4.27. The van der Waals surface area contributed by atoms with E-state index in [2.05, 4.69) is 35.6 Å². The SMILES string of the molecule is O=CNc1ccc(SCC(=O)N2CCN(C=O)CC2)cc1.c1ccc(C2CC2)cc1. The van der Waals surface area contributed by atoms with Gasteiger partial charge in [-0.05, 0) is 48.6 Å². The van der Waals surface area contributed by atoms with E-state index >= 15 is 0 Å². The second-order valence-corrected chi connectivity index (χ2v) is 8.33. The number of nitrogens with one attached hydrogen (secondary N) is 1. The lowest BCUT2D eigenvalue weighted by atomic mass is 10.1. The molecule has 0 unspecified atom stereocenters. The van der Waals surface area contributed by atoms with Gasteiger partial charge in [-0.3, -0.25) is 14.4 Å². The third-order valence-electron chi connectivity index (χ3n) is 5.11. The minimum atomic E-state index is 0.0839. The van der Waals surface area contributed by atoms with Crippen molar-refractivity contribution in [1.29, 1.82) is 0 Å². The predicted molar refractivity (Wildman–Crippen MR) is 119 cm³/mol. The van der Waals surface area contributed by atoms with Crippen molar-refractivity contribution in [1.82, 2.24) is 9.80 Å². The molecule has 1 aliphatic carbocycles. The standard InChI is InChI=1S/C14H17N3O3S.C9H10/c18-10-15-12-1-3-13(4-2-12)21-9-14(20)17-7-5-16(11-19)6-8-17;1-2-4-8(5-3-1)9-6-7-9/h1-4,10-11H,5-9H2,(H,15,18);1-5,9H,6-7H2. The van der Waals surface area contributed by atoms with Crippen LogP contribution in [0.15, 0.2) is 59.5 Å². The van der Waals surface area contributed by atoms with E-state index in [0.29, 0.717) is 38.3 Å². The van der Waals surface area contributed by atoms with Crippen LogP contribution in [0.4, 0.5) is 5.69 Å². The van der Waals surface area contributed by atoms with E-state index in [9.17, 15) is 14.4 Å². The number of amides is 3. The second-order valence-electron chi connectivity index (χ2n) is 7.28. The number of benzene rings is 2. The monoisotopic (exact) mass is 425 g/mol. The lowest BCUT2D eigenvalue weighted by Gasteiger charge is -2.32. The molecule has 0 bridgehead atoms. The Morgan fingerprint density at radius 2 is 1.63 bits per heavy atom. The van der Waals surface area contributed by atoms with Crippen molar-refractivity contribution in [2.75, 3.05) is 37.2 Å². The van der Waals surface area contributed by atoms with E-state index in [1.165, 1.54) is 30.2 Å². The smallest absolute Gasteiger partial charge is 0.233 e. The zero-order chi connectivity index (χ0) is 21.2. The van der Waals surface area contributed by atoms with Crippen LogP contribution in [0.5, 0.6) is 0 Å². The fourth-order valence-corrected chi connectivity index (χ4v) is 3.97. The molecule has 1 saturated heterocycles. The van der Waals surface area contributed by atoms with Gasteiger partial charge in [0.25, 0.3) is 0 Å². The first-order valence-electron chi connectivity index (χ1n) is 10.1. The van der Waals surface area contributed by atoms with Gasteiger partial charge in [-0.1, -0.05) is 30.3 Å². The Balaban J connectivity index is 0.000000234. The summed E-state index contributed by atoms with van der Waals surface area (Å²) in [5.41, 5.74) is 2.25. The fraction of sp³-hybridized carbons (Fsp3) is 0.348. The molecule has 1 N–H and O–H groups in total. The highest BCUT2D eigenvalue weighted by molar-refractivity contribution is 8.00. The Bertz CT molecular complexity index is 817. The Morgan fingerprint density at radius 3 is 2.20 bits per heavy atom.